The van der Waals surface area contributed by atoms with Crippen LogP contribution in [0, 0.1) is 6.92 Å². The first-order valence-corrected chi connectivity index (χ1v) is 5.95. The Labute approximate surface area is 114 Å². The molecule has 0 bridgehead atoms. The van der Waals surface area contributed by atoms with Gasteiger partial charge in [0.2, 0.25) is 0 Å². The predicted molar refractivity (Wildman–Crippen MR) is 70.3 cm³/mol. The van der Waals surface area contributed by atoms with E-state index < -0.39 is 6.61 Å². The van der Waals surface area contributed by atoms with Crippen molar-refractivity contribution in [2.75, 3.05) is 12.4 Å². The molecule has 1 aromatic heterocycles. The fourth-order valence-corrected chi connectivity index (χ4v) is 1.73. The summed E-state index contributed by atoms with van der Waals surface area (Å²) in [7, 11) is 1.40. The summed E-state index contributed by atoms with van der Waals surface area (Å²) in [5, 5.41) is 3.09. The number of aromatic nitrogens is 2. The number of nitrogens with zero attached hydrogens (tertiary/aromatic N) is 1. The van der Waals surface area contributed by atoms with E-state index >= 15 is 0 Å². The van der Waals surface area contributed by atoms with E-state index in [0.29, 0.717) is 12.2 Å². The van der Waals surface area contributed by atoms with E-state index in [0.717, 1.165) is 11.5 Å². The lowest BCUT2D eigenvalue weighted by molar-refractivity contribution is -0.0511. The van der Waals surface area contributed by atoms with Gasteiger partial charge in [-0.3, -0.25) is 0 Å². The van der Waals surface area contributed by atoms with Crippen LogP contribution < -0.4 is 14.8 Å². The summed E-state index contributed by atoms with van der Waals surface area (Å²) in [4.78, 5) is 7.14. The molecule has 0 atom stereocenters. The number of aryl methyl sites for hydroxylation is 1. The first kappa shape index (κ1) is 14.1. The maximum Gasteiger partial charge on any atom is 0.387 e. The van der Waals surface area contributed by atoms with Crippen molar-refractivity contribution in [1.82, 2.24) is 9.97 Å². The van der Waals surface area contributed by atoms with Crippen LogP contribution in [0.4, 0.5) is 14.5 Å². The Morgan fingerprint density at radius 2 is 2.15 bits per heavy atom. The van der Waals surface area contributed by atoms with Crippen LogP contribution in [0.2, 0.25) is 0 Å². The van der Waals surface area contributed by atoms with Gasteiger partial charge in [0.15, 0.2) is 11.5 Å². The van der Waals surface area contributed by atoms with Crippen molar-refractivity contribution in [3.63, 3.8) is 0 Å². The van der Waals surface area contributed by atoms with Gasteiger partial charge >= 0.3 is 6.61 Å². The molecule has 0 aliphatic heterocycles. The molecule has 2 rings (SSSR count). The molecule has 2 N–H and O–H groups in total. The van der Waals surface area contributed by atoms with E-state index in [2.05, 4.69) is 20.0 Å². The van der Waals surface area contributed by atoms with E-state index in [1.807, 2.05) is 6.92 Å². The number of imidazole rings is 1. The van der Waals surface area contributed by atoms with Crippen LogP contribution in [-0.4, -0.2) is 23.7 Å². The van der Waals surface area contributed by atoms with Gasteiger partial charge in [-0.1, -0.05) is 0 Å². The highest BCUT2D eigenvalue weighted by atomic mass is 19.3. The number of nitrogens with one attached hydrogen (secondary N) is 2. The van der Waals surface area contributed by atoms with Crippen molar-refractivity contribution in [3.8, 4) is 11.5 Å². The highest BCUT2D eigenvalue weighted by molar-refractivity contribution is 5.54. The Morgan fingerprint density at radius 3 is 2.75 bits per heavy atom. The summed E-state index contributed by atoms with van der Waals surface area (Å²) < 4.78 is 34.0. The van der Waals surface area contributed by atoms with Crippen LogP contribution in [0.3, 0.4) is 0 Å². The fourth-order valence-electron chi connectivity index (χ4n) is 1.73. The first-order valence-electron chi connectivity index (χ1n) is 5.95. The number of rotatable bonds is 6. The summed E-state index contributed by atoms with van der Waals surface area (Å²) in [5.41, 5.74) is 1.54. The average Bonchev–Trinajstić information content (AvgIpc) is 2.82. The molecule has 0 aliphatic carbocycles. The van der Waals surface area contributed by atoms with Gasteiger partial charge in [0, 0.05) is 11.8 Å². The molecule has 108 valence electrons. The molecule has 20 heavy (non-hydrogen) atoms. The third-order valence-corrected chi connectivity index (χ3v) is 2.62. The Balaban J connectivity index is 2.07. The molecule has 0 unspecified atom stereocenters. The van der Waals surface area contributed by atoms with Gasteiger partial charge in [-0.2, -0.15) is 8.78 Å². The molecule has 0 saturated heterocycles. The van der Waals surface area contributed by atoms with Crippen molar-refractivity contribution >= 4 is 5.69 Å². The lowest BCUT2D eigenvalue weighted by atomic mass is 10.2. The second kappa shape index (κ2) is 6.23. The Bertz CT molecular complexity index is 572. The minimum atomic E-state index is -2.89. The lowest BCUT2D eigenvalue weighted by Gasteiger charge is -2.12. The van der Waals surface area contributed by atoms with Crippen molar-refractivity contribution in [2.45, 2.75) is 20.1 Å². The lowest BCUT2D eigenvalue weighted by Crippen LogP contribution is -2.05. The second-order valence-electron chi connectivity index (χ2n) is 4.09. The number of methoxy groups -OCH3 is 1. The highest BCUT2D eigenvalue weighted by Gasteiger charge is 2.11. The van der Waals surface area contributed by atoms with Gasteiger partial charge in [0.1, 0.15) is 5.82 Å². The average molecular weight is 283 g/mol. The SMILES string of the molecule is COc1ccc(NCc2cnc(C)[nH]2)cc1OC(F)F. The maximum atomic E-state index is 12.3. The zero-order valence-electron chi connectivity index (χ0n) is 11.1. The third-order valence-electron chi connectivity index (χ3n) is 2.62. The van der Waals surface area contributed by atoms with Crippen LogP contribution in [-0.2, 0) is 6.54 Å². The molecule has 0 saturated carbocycles. The molecule has 0 radical (unpaired) electrons. The van der Waals surface area contributed by atoms with Gasteiger partial charge in [-0.05, 0) is 19.1 Å². The third kappa shape index (κ3) is 3.59. The molecule has 1 aromatic carbocycles. The van der Waals surface area contributed by atoms with E-state index in [-0.39, 0.29) is 11.5 Å². The predicted octanol–water partition coefficient (Wildman–Crippen LogP) is 2.94. The quantitative estimate of drug-likeness (QED) is 0.855. The topological polar surface area (TPSA) is 59.2 Å². The van der Waals surface area contributed by atoms with Crippen LogP contribution in [0.1, 0.15) is 11.5 Å². The first-order chi connectivity index (χ1) is 9.58. The molecule has 2 aromatic rings. The van der Waals surface area contributed by atoms with E-state index in [1.165, 1.54) is 13.2 Å². The fraction of sp³-hybridized carbons (Fsp3) is 0.308. The zero-order valence-corrected chi connectivity index (χ0v) is 11.1. The normalized spacial score (nSPS) is 10.7. The highest BCUT2D eigenvalue weighted by Crippen LogP contribution is 2.31. The number of hydrogen-bond donors (Lipinski definition) is 2. The van der Waals surface area contributed by atoms with E-state index in [4.69, 9.17) is 4.74 Å². The number of hydrogen-bond acceptors (Lipinski definition) is 4. The van der Waals surface area contributed by atoms with Gasteiger partial charge < -0.3 is 19.8 Å². The molecular formula is C13H15F2N3O2. The molecule has 1 heterocycles. The minimum Gasteiger partial charge on any atom is -0.493 e. The van der Waals surface area contributed by atoms with E-state index in [9.17, 15) is 8.78 Å². The number of aromatic amines is 1. The number of halogens is 2. The molecular weight excluding hydrogens is 268 g/mol. The van der Waals surface area contributed by atoms with Gasteiger partial charge in [0.25, 0.3) is 0 Å². The van der Waals surface area contributed by atoms with Crippen molar-refractivity contribution in [3.05, 3.63) is 35.9 Å². The monoisotopic (exact) mass is 283 g/mol. The van der Waals surface area contributed by atoms with Crippen LogP contribution in [0.15, 0.2) is 24.4 Å². The Morgan fingerprint density at radius 1 is 1.35 bits per heavy atom. The Kier molecular flexibility index (Phi) is 4.39. The largest absolute Gasteiger partial charge is 0.493 e. The van der Waals surface area contributed by atoms with Crippen LogP contribution >= 0.6 is 0 Å². The summed E-state index contributed by atoms with van der Waals surface area (Å²) in [6, 6.07) is 4.76. The van der Waals surface area contributed by atoms with Crippen molar-refractivity contribution in [1.29, 1.82) is 0 Å². The van der Waals surface area contributed by atoms with E-state index in [1.54, 1.807) is 18.3 Å². The molecule has 0 amide bonds. The van der Waals surface area contributed by atoms with Crippen molar-refractivity contribution in [2.24, 2.45) is 0 Å². The smallest absolute Gasteiger partial charge is 0.387 e. The second-order valence-corrected chi connectivity index (χ2v) is 4.09. The summed E-state index contributed by atoms with van der Waals surface area (Å²) in [6.07, 6.45) is 1.71. The standard InChI is InChI=1S/C13H15F2N3O2/c1-8-16-6-10(18-8)7-17-9-3-4-11(19-2)12(5-9)20-13(14)15/h3-6,13,17H,7H2,1-2H3,(H,16,18). The minimum absolute atomic E-state index is 0.00621. The van der Waals surface area contributed by atoms with Crippen LogP contribution in [0.5, 0.6) is 11.5 Å². The number of ether oxygens (including phenoxy) is 2. The maximum absolute atomic E-state index is 12.3. The molecule has 0 fully saturated rings. The number of benzene rings is 1. The summed E-state index contributed by atoms with van der Waals surface area (Å²) >= 11 is 0. The van der Waals surface area contributed by atoms with Gasteiger partial charge in [-0.15, -0.1) is 0 Å². The van der Waals surface area contributed by atoms with Crippen LogP contribution in [0.25, 0.3) is 0 Å². The van der Waals surface area contributed by atoms with Crippen molar-refractivity contribution < 1.29 is 18.3 Å². The Hall–Kier alpha value is -2.31. The molecule has 0 aliphatic rings. The number of anilines is 1. The molecule has 0 spiro atoms. The molecule has 5 nitrogen and oxygen atoms in total. The molecule has 7 heteroatoms. The van der Waals surface area contributed by atoms with Gasteiger partial charge in [-0.25, -0.2) is 4.98 Å². The van der Waals surface area contributed by atoms with Gasteiger partial charge in [0.05, 0.1) is 25.5 Å². The number of alkyl halides is 2. The number of H-pyrrole nitrogens is 1. The summed E-state index contributed by atoms with van der Waals surface area (Å²) in [5.74, 6) is 1.07. The summed E-state index contributed by atoms with van der Waals surface area (Å²) in [6.45, 7) is -0.540. The zero-order chi connectivity index (χ0) is 14.5.